The number of halogens is 1. The lowest BCUT2D eigenvalue weighted by Crippen LogP contribution is -2.40. The highest BCUT2D eigenvalue weighted by Gasteiger charge is 2.20. The van der Waals surface area contributed by atoms with E-state index in [-0.39, 0.29) is 17.7 Å². The Balaban J connectivity index is 1.84. The largest absolute Gasteiger partial charge is 0.377 e. The van der Waals surface area contributed by atoms with Crippen LogP contribution in [-0.4, -0.2) is 43.0 Å². The lowest BCUT2D eigenvalue weighted by Gasteiger charge is -2.32. The number of benzene rings is 1. The second-order valence-corrected chi connectivity index (χ2v) is 5.66. The monoisotopic (exact) mass is 293 g/mol. The summed E-state index contributed by atoms with van der Waals surface area (Å²) in [4.78, 5) is 14.4. The number of nitrogens with zero attached hydrogens (tertiary/aromatic N) is 1. The van der Waals surface area contributed by atoms with E-state index in [0.29, 0.717) is 17.5 Å². The molecule has 1 aromatic rings. The number of hydrogen-bond acceptors (Lipinski definition) is 3. The first-order valence-corrected chi connectivity index (χ1v) is 7.73. The van der Waals surface area contributed by atoms with Crippen molar-refractivity contribution in [2.24, 2.45) is 0 Å². The molecule has 1 unspecified atom stereocenters. The van der Waals surface area contributed by atoms with E-state index in [2.05, 4.69) is 4.90 Å². The summed E-state index contributed by atoms with van der Waals surface area (Å²) in [6.45, 7) is 7.07. The molecular weight excluding hydrogens is 269 g/mol. The van der Waals surface area contributed by atoms with Crippen molar-refractivity contribution in [1.29, 1.82) is 0 Å². The molecule has 1 saturated heterocycles. The summed E-state index contributed by atoms with van der Waals surface area (Å²) in [5.41, 5.74) is 1.04. The zero-order chi connectivity index (χ0) is 15.2. The van der Waals surface area contributed by atoms with Crippen molar-refractivity contribution in [2.75, 3.05) is 26.2 Å². The minimum Gasteiger partial charge on any atom is -0.377 e. The number of ketones is 1. The molecule has 0 aromatic heterocycles. The molecule has 0 bridgehead atoms. The molecular formula is C17H24FNO2. The topological polar surface area (TPSA) is 29.5 Å². The lowest BCUT2D eigenvalue weighted by atomic mass is 10.0. The van der Waals surface area contributed by atoms with Gasteiger partial charge in [-0.05, 0) is 44.9 Å². The standard InChI is InChI=1S/C17H24FNO2/c1-3-21-15-5-4-9-19(12-15)10-8-17(20)14-7-6-13(2)16(18)11-14/h6-7,11,15H,3-5,8-10,12H2,1-2H3. The Morgan fingerprint density at radius 2 is 2.29 bits per heavy atom. The average Bonchev–Trinajstić information content (AvgIpc) is 2.48. The molecule has 0 radical (unpaired) electrons. The van der Waals surface area contributed by atoms with Crippen LogP contribution in [0.15, 0.2) is 18.2 Å². The fourth-order valence-electron chi connectivity index (χ4n) is 2.76. The molecule has 2 rings (SSSR count). The zero-order valence-corrected chi connectivity index (χ0v) is 12.9. The second-order valence-electron chi connectivity index (χ2n) is 5.66. The van der Waals surface area contributed by atoms with Gasteiger partial charge >= 0.3 is 0 Å². The van der Waals surface area contributed by atoms with Crippen LogP contribution in [0, 0.1) is 12.7 Å². The van der Waals surface area contributed by atoms with Gasteiger partial charge in [-0.25, -0.2) is 4.39 Å². The maximum Gasteiger partial charge on any atom is 0.164 e. The molecule has 0 aliphatic carbocycles. The number of rotatable bonds is 6. The van der Waals surface area contributed by atoms with Gasteiger partial charge in [0.1, 0.15) is 5.82 Å². The van der Waals surface area contributed by atoms with Gasteiger partial charge in [-0.15, -0.1) is 0 Å². The molecule has 0 saturated carbocycles. The number of carbonyl (C=O) groups excluding carboxylic acids is 1. The summed E-state index contributed by atoms with van der Waals surface area (Å²) in [6, 6.07) is 4.71. The maximum atomic E-state index is 13.5. The van der Waals surface area contributed by atoms with Crippen LogP contribution in [0.3, 0.4) is 0 Å². The van der Waals surface area contributed by atoms with E-state index in [1.807, 2.05) is 6.92 Å². The molecule has 1 aliphatic rings. The highest BCUT2D eigenvalue weighted by molar-refractivity contribution is 5.96. The third kappa shape index (κ3) is 4.61. The van der Waals surface area contributed by atoms with Gasteiger partial charge in [0.05, 0.1) is 6.10 Å². The number of carbonyl (C=O) groups is 1. The Labute approximate surface area is 126 Å². The van der Waals surface area contributed by atoms with Gasteiger partial charge in [0.25, 0.3) is 0 Å². The summed E-state index contributed by atoms with van der Waals surface area (Å²) in [5, 5.41) is 0. The van der Waals surface area contributed by atoms with Gasteiger partial charge in [0, 0.05) is 31.7 Å². The maximum absolute atomic E-state index is 13.5. The fraction of sp³-hybridized carbons (Fsp3) is 0.588. The van der Waals surface area contributed by atoms with E-state index in [1.54, 1.807) is 19.1 Å². The minimum absolute atomic E-state index is 0.00688. The number of Topliss-reactive ketones (excluding diaryl/α,β-unsaturated/α-hetero) is 1. The SMILES string of the molecule is CCOC1CCCN(CCC(=O)c2ccc(C)c(F)c2)C1. The van der Waals surface area contributed by atoms with Gasteiger partial charge in [-0.1, -0.05) is 12.1 Å². The van der Waals surface area contributed by atoms with Crippen molar-refractivity contribution >= 4 is 5.78 Å². The number of aryl methyl sites for hydroxylation is 1. The Morgan fingerprint density at radius 3 is 3.00 bits per heavy atom. The average molecular weight is 293 g/mol. The van der Waals surface area contributed by atoms with Crippen LogP contribution in [0.1, 0.15) is 42.1 Å². The van der Waals surface area contributed by atoms with Gasteiger partial charge in [-0.2, -0.15) is 0 Å². The fourth-order valence-corrected chi connectivity index (χ4v) is 2.76. The molecule has 0 N–H and O–H groups in total. The van der Waals surface area contributed by atoms with Crippen molar-refractivity contribution in [3.8, 4) is 0 Å². The Morgan fingerprint density at radius 1 is 1.48 bits per heavy atom. The highest BCUT2D eigenvalue weighted by Crippen LogP contribution is 2.15. The van der Waals surface area contributed by atoms with Crippen LogP contribution < -0.4 is 0 Å². The molecule has 3 nitrogen and oxygen atoms in total. The van der Waals surface area contributed by atoms with Crippen LogP contribution in [0.2, 0.25) is 0 Å². The summed E-state index contributed by atoms with van der Waals surface area (Å²) >= 11 is 0. The lowest BCUT2D eigenvalue weighted by molar-refractivity contribution is 0.00589. The summed E-state index contributed by atoms with van der Waals surface area (Å²) < 4.78 is 19.1. The number of likely N-dealkylation sites (tertiary alicyclic amines) is 1. The third-order valence-corrected chi connectivity index (χ3v) is 4.01. The van der Waals surface area contributed by atoms with Crippen LogP contribution in [0.5, 0.6) is 0 Å². The van der Waals surface area contributed by atoms with Gasteiger partial charge in [0.15, 0.2) is 5.78 Å². The van der Waals surface area contributed by atoms with Crippen LogP contribution in [0.25, 0.3) is 0 Å². The van der Waals surface area contributed by atoms with Crippen molar-refractivity contribution in [3.63, 3.8) is 0 Å². The van der Waals surface area contributed by atoms with Crippen molar-refractivity contribution in [2.45, 2.75) is 39.2 Å². The third-order valence-electron chi connectivity index (χ3n) is 4.01. The molecule has 1 fully saturated rings. The second kappa shape index (κ2) is 7.66. The molecule has 1 aromatic carbocycles. The van der Waals surface area contributed by atoms with E-state index >= 15 is 0 Å². The number of hydrogen-bond donors (Lipinski definition) is 0. The van der Waals surface area contributed by atoms with Crippen molar-refractivity contribution in [3.05, 3.63) is 35.1 Å². The molecule has 4 heteroatoms. The molecule has 1 aliphatic heterocycles. The first-order valence-electron chi connectivity index (χ1n) is 7.73. The Hall–Kier alpha value is -1.26. The molecule has 0 amide bonds. The van der Waals surface area contributed by atoms with Gasteiger partial charge < -0.3 is 9.64 Å². The normalized spacial score (nSPS) is 19.7. The zero-order valence-electron chi connectivity index (χ0n) is 12.9. The predicted molar refractivity (Wildman–Crippen MR) is 81.2 cm³/mol. The molecule has 1 atom stereocenters. The van der Waals surface area contributed by atoms with Crippen LogP contribution in [0.4, 0.5) is 4.39 Å². The Kier molecular flexibility index (Phi) is 5.88. The molecule has 116 valence electrons. The van der Waals surface area contributed by atoms with E-state index in [9.17, 15) is 9.18 Å². The summed E-state index contributed by atoms with van der Waals surface area (Å²) in [6.07, 6.45) is 2.93. The first-order chi connectivity index (χ1) is 10.1. The van der Waals surface area contributed by atoms with Crippen molar-refractivity contribution < 1.29 is 13.9 Å². The van der Waals surface area contributed by atoms with E-state index in [1.165, 1.54) is 6.07 Å². The smallest absolute Gasteiger partial charge is 0.164 e. The van der Waals surface area contributed by atoms with Gasteiger partial charge in [0.2, 0.25) is 0 Å². The van der Waals surface area contributed by atoms with E-state index in [4.69, 9.17) is 4.74 Å². The number of piperidine rings is 1. The van der Waals surface area contributed by atoms with E-state index in [0.717, 1.165) is 39.1 Å². The quantitative estimate of drug-likeness (QED) is 0.754. The number of ether oxygens (including phenoxy) is 1. The summed E-state index contributed by atoms with van der Waals surface area (Å²) in [5.74, 6) is -0.303. The minimum atomic E-state index is -0.310. The summed E-state index contributed by atoms with van der Waals surface area (Å²) in [7, 11) is 0. The molecule has 0 spiro atoms. The highest BCUT2D eigenvalue weighted by atomic mass is 19.1. The first kappa shape index (κ1) is 16.1. The van der Waals surface area contributed by atoms with Crippen LogP contribution in [-0.2, 0) is 4.74 Å². The Bertz CT molecular complexity index is 488. The van der Waals surface area contributed by atoms with E-state index < -0.39 is 0 Å². The molecule has 1 heterocycles. The van der Waals surface area contributed by atoms with Crippen LogP contribution >= 0.6 is 0 Å². The predicted octanol–water partition coefficient (Wildman–Crippen LogP) is 3.21. The van der Waals surface area contributed by atoms with Crippen molar-refractivity contribution in [1.82, 2.24) is 4.90 Å². The molecule has 21 heavy (non-hydrogen) atoms. The van der Waals surface area contributed by atoms with Gasteiger partial charge in [-0.3, -0.25) is 4.79 Å².